The molecule has 0 saturated carbocycles. The maximum absolute atomic E-state index is 4.80. The van der Waals surface area contributed by atoms with Crippen molar-refractivity contribution in [1.29, 1.82) is 0 Å². The SMILES string of the molecule is CC(C)Cc1c(-c2ccc(Br)s2)nc2ccccn12. The Bertz CT molecular complexity index is 712. The lowest BCUT2D eigenvalue weighted by Crippen LogP contribution is -1.99. The minimum absolute atomic E-state index is 0.613. The Morgan fingerprint density at radius 1 is 1.26 bits per heavy atom. The standard InChI is InChI=1S/C15H15BrN2S/c1-10(2)9-11-15(12-6-7-13(16)19-12)17-14-5-3-4-8-18(11)14/h3-8,10H,9H2,1-2H3. The van der Waals surface area contributed by atoms with Crippen LogP contribution < -0.4 is 0 Å². The highest BCUT2D eigenvalue weighted by atomic mass is 79.9. The van der Waals surface area contributed by atoms with E-state index < -0.39 is 0 Å². The molecule has 0 radical (unpaired) electrons. The first kappa shape index (κ1) is 12.9. The number of pyridine rings is 1. The zero-order valence-corrected chi connectivity index (χ0v) is 13.3. The molecule has 3 rings (SSSR count). The van der Waals surface area contributed by atoms with Crippen molar-refractivity contribution >= 4 is 32.9 Å². The summed E-state index contributed by atoms with van der Waals surface area (Å²) < 4.78 is 3.36. The predicted molar refractivity (Wildman–Crippen MR) is 84.7 cm³/mol. The normalized spacial score (nSPS) is 11.6. The van der Waals surface area contributed by atoms with Crippen LogP contribution in [0.2, 0.25) is 0 Å². The quantitative estimate of drug-likeness (QED) is 0.657. The molecule has 19 heavy (non-hydrogen) atoms. The Morgan fingerprint density at radius 2 is 2.11 bits per heavy atom. The first-order valence-electron chi connectivity index (χ1n) is 6.37. The number of nitrogens with zero attached hydrogens (tertiary/aromatic N) is 2. The third-order valence-electron chi connectivity index (χ3n) is 3.04. The highest BCUT2D eigenvalue weighted by Crippen LogP contribution is 2.34. The summed E-state index contributed by atoms with van der Waals surface area (Å²) in [6.45, 7) is 4.49. The summed E-state index contributed by atoms with van der Waals surface area (Å²) in [6, 6.07) is 10.4. The molecule has 0 aliphatic carbocycles. The molecule has 0 amide bonds. The Hall–Kier alpha value is -1.13. The van der Waals surface area contributed by atoms with Gasteiger partial charge in [-0.25, -0.2) is 4.98 Å². The average molecular weight is 335 g/mol. The fraction of sp³-hybridized carbons (Fsp3) is 0.267. The molecule has 3 heterocycles. The number of fused-ring (bicyclic) bond motifs is 1. The van der Waals surface area contributed by atoms with Crippen LogP contribution in [0.1, 0.15) is 19.5 Å². The monoisotopic (exact) mass is 334 g/mol. The van der Waals surface area contributed by atoms with Crippen molar-refractivity contribution in [3.05, 3.63) is 46.0 Å². The fourth-order valence-corrected chi connectivity index (χ4v) is 3.66. The van der Waals surface area contributed by atoms with Crippen molar-refractivity contribution in [2.75, 3.05) is 0 Å². The van der Waals surface area contributed by atoms with Gasteiger partial charge in [-0.3, -0.25) is 0 Å². The smallest absolute Gasteiger partial charge is 0.137 e. The van der Waals surface area contributed by atoms with E-state index in [1.807, 2.05) is 6.07 Å². The van der Waals surface area contributed by atoms with E-state index in [4.69, 9.17) is 4.98 Å². The van der Waals surface area contributed by atoms with Crippen LogP contribution in [0.3, 0.4) is 0 Å². The Morgan fingerprint density at radius 3 is 2.79 bits per heavy atom. The number of imidazole rings is 1. The van der Waals surface area contributed by atoms with Crippen molar-refractivity contribution in [2.24, 2.45) is 5.92 Å². The molecular weight excluding hydrogens is 320 g/mol. The van der Waals surface area contributed by atoms with E-state index in [1.165, 1.54) is 10.6 Å². The average Bonchev–Trinajstić information content (AvgIpc) is 2.94. The van der Waals surface area contributed by atoms with Crippen LogP contribution in [0.15, 0.2) is 40.3 Å². The molecular formula is C15H15BrN2S. The van der Waals surface area contributed by atoms with Crippen LogP contribution in [0.4, 0.5) is 0 Å². The van der Waals surface area contributed by atoms with Crippen LogP contribution in [0.5, 0.6) is 0 Å². The van der Waals surface area contributed by atoms with E-state index in [2.05, 4.69) is 64.6 Å². The number of aromatic nitrogens is 2. The van der Waals surface area contributed by atoms with Gasteiger partial charge in [-0.05, 0) is 52.5 Å². The Balaban J connectivity index is 2.22. The van der Waals surface area contributed by atoms with Gasteiger partial charge in [0.1, 0.15) is 11.3 Å². The largest absolute Gasteiger partial charge is 0.303 e. The lowest BCUT2D eigenvalue weighted by atomic mass is 10.1. The van der Waals surface area contributed by atoms with Crippen LogP contribution >= 0.6 is 27.3 Å². The van der Waals surface area contributed by atoms with E-state index in [9.17, 15) is 0 Å². The minimum Gasteiger partial charge on any atom is -0.303 e. The van der Waals surface area contributed by atoms with Gasteiger partial charge in [-0.15, -0.1) is 11.3 Å². The van der Waals surface area contributed by atoms with Gasteiger partial charge in [0.2, 0.25) is 0 Å². The molecule has 4 heteroatoms. The molecule has 0 aliphatic rings. The molecule has 0 spiro atoms. The van der Waals surface area contributed by atoms with Gasteiger partial charge in [0.15, 0.2) is 0 Å². The van der Waals surface area contributed by atoms with E-state index in [-0.39, 0.29) is 0 Å². The number of halogens is 1. The molecule has 3 aromatic rings. The van der Waals surface area contributed by atoms with Crippen LogP contribution in [0, 0.1) is 5.92 Å². The number of hydrogen-bond donors (Lipinski definition) is 0. The first-order chi connectivity index (χ1) is 9.15. The second kappa shape index (κ2) is 5.10. The Kier molecular flexibility index (Phi) is 3.46. The summed E-state index contributed by atoms with van der Waals surface area (Å²) in [5.74, 6) is 0.613. The second-order valence-electron chi connectivity index (χ2n) is 5.04. The topological polar surface area (TPSA) is 17.3 Å². The molecule has 2 nitrogen and oxygen atoms in total. The summed E-state index contributed by atoms with van der Waals surface area (Å²) in [6.07, 6.45) is 3.14. The first-order valence-corrected chi connectivity index (χ1v) is 7.98. The van der Waals surface area contributed by atoms with Crippen LogP contribution in [-0.2, 0) is 6.42 Å². The molecule has 98 valence electrons. The summed E-state index contributed by atoms with van der Waals surface area (Å²) >= 11 is 5.27. The molecule has 0 aromatic carbocycles. The fourth-order valence-electron chi connectivity index (χ4n) is 2.27. The zero-order valence-electron chi connectivity index (χ0n) is 10.9. The lowest BCUT2D eigenvalue weighted by Gasteiger charge is -2.06. The van der Waals surface area contributed by atoms with E-state index >= 15 is 0 Å². The van der Waals surface area contributed by atoms with E-state index in [1.54, 1.807) is 11.3 Å². The highest BCUT2D eigenvalue weighted by molar-refractivity contribution is 9.11. The predicted octanol–water partition coefficient (Wildman–Crippen LogP) is 5.02. The lowest BCUT2D eigenvalue weighted by molar-refractivity contribution is 0.633. The highest BCUT2D eigenvalue weighted by Gasteiger charge is 2.16. The van der Waals surface area contributed by atoms with Crippen molar-refractivity contribution in [3.8, 4) is 10.6 Å². The number of rotatable bonds is 3. The van der Waals surface area contributed by atoms with Crippen molar-refractivity contribution < 1.29 is 0 Å². The van der Waals surface area contributed by atoms with Gasteiger partial charge >= 0.3 is 0 Å². The van der Waals surface area contributed by atoms with Crippen molar-refractivity contribution in [3.63, 3.8) is 0 Å². The molecule has 0 saturated heterocycles. The Labute approximate surface area is 125 Å². The summed E-state index contributed by atoms with van der Waals surface area (Å²) in [4.78, 5) is 6.03. The van der Waals surface area contributed by atoms with Gasteiger partial charge < -0.3 is 4.40 Å². The van der Waals surface area contributed by atoms with Gasteiger partial charge in [-0.2, -0.15) is 0 Å². The minimum atomic E-state index is 0.613. The molecule has 0 unspecified atom stereocenters. The summed E-state index contributed by atoms with van der Waals surface area (Å²) in [5.41, 5.74) is 3.45. The maximum atomic E-state index is 4.80. The van der Waals surface area contributed by atoms with Crippen LogP contribution in [-0.4, -0.2) is 9.38 Å². The molecule has 0 bridgehead atoms. The van der Waals surface area contributed by atoms with Gasteiger partial charge in [0.25, 0.3) is 0 Å². The molecule has 0 fully saturated rings. The second-order valence-corrected chi connectivity index (χ2v) is 7.50. The summed E-state index contributed by atoms with van der Waals surface area (Å²) in [5, 5.41) is 0. The van der Waals surface area contributed by atoms with E-state index in [0.29, 0.717) is 5.92 Å². The molecule has 0 atom stereocenters. The maximum Gasteiger partial charge on any atom is 0.137 e. The number of thiophene rings is 1. The zero-order chi connectivity index (χ0) is 13.4. The number of hydrogen-bond acceptors (Lipinski definition) is 2. The molecule has 3 aromatic heterocycles. The van der Waals surface area contributed by atoms with Gasteiger partial charge in [0.05, 0.1) is 14.4 Å². The molecule has 0 N–H and O–H groups in total. The van der Waals surface area contributed by atoms with Gasteiger partial charge in [0, 0.05) is 6.20 Å². The van der Waals surface area contributed by atoms with Crippen LogP contribution in [0.25, 0.3) is 16.2 Å². The third-order valence-corrected chi connectivity index (χ3v) is 4.67. The van der Waals surface area contributed by atoms with E-state index in [0.717, 1.165) is 21.5 Å². The van der Waals surface area contributed by atoms with Crippen molar-refractivity contribution in [2.45, 2.75) is 20.3 Å². The third kappa shape index (κ3) is 2.47. The summed E-state index contributed by atoms with van der Waals surface area (Å²) in [7, 11) is 0. The van der Waals surface area contributed by atoms with Crippen molar-refractivity contribution in [1.82, 2.24) is 9.38 Å². The molecule has 0 aliphatic heterocycles. The van der Waals surface area contributed by atoms with Gasteiger partial charge in [-0.1, -0.05) is 19.9 Å².